The Morgan fingerprint density at radius 3 is 2.68 bits per heavy atom. The number of fused-ring (bicyclic) bond motifs is 1. The van der Waals surface area contributed by atoms with Gasteiger partial charge in [-0.05, 0) is 42.6 Å². The molecule has 4 aromatic rings. The number of nitrogens with zero attached hydrogens (tertiary/aromatic N) is 7. The zero-order chi connectivity index (χ0) is 26.1. The molecule has 4 heterocycles. The second-order valence-corrected chi connectivity index (χ2v) is 9.28. The molecule has 5 rings (SSSR count). The second kappa shape index (κ2) is 10.1. The molecule has 12 heteroatoms. The molecule has 1 aliphatic heterocycles. The molecule has 0 spiro atoms. The molecule has 0 saturated carbocycles. The number of nitrogens with one attached hydrogen (secondary N) is 1. The molecule has 0 bridgehead atoms. The summed E-state index contributed by atoms with van der Waals surface area (Å²) in [6.07, 6.45) is 5.91. The van der Waals surface area contributed by atoms with Gasteiger partial charge < -0.3 is 24.2 Å². The zero-order valence-electron chi connectivity index (χ0n) is 20.9. The number of hydrogen-bond acceptors (Lipinski definition) is 8. The van der Waals surface area contributed by atoms with Crippen LogP contribution in [0.5, 0.6) is 0 Å². The number of aryl methyl sites for hydroxylation is 1. The summed E-state index contributed by atoms with van der Waals surface area (Å²) in [6, 6.07) is 4.11. The van der Waals surface area contributed by atoms with Gasteiger partial charge in [0.1, 0.15) is 23.6 Å². The molecule has 1 aromatic carbocycles. The van der Waals surface area contributed by atoms with Crippen LogP contribution in [-0.2, 0) is 6.42 Å². The maximum Gasteiger partial charge on any atom is 0.266 e. The van der Waals surface area contributed by atoms with Gasteiger partial charge in [-0.15, -0.1) is 0 Å². The summed E-state index contributed by atoms with van der Waals surface area (Å²) in [5, 5.41) is 7.13. The van der Waals surface area contributed by atoms with Crippen molar-refractivity contribution in [3.8, 4) is 0 Å². The topological polar surface area (TPSA) is 105 Å². The van der Waals surface area contributed by atoms with Crippen LogP contribution >= 0.6 is 0 Å². The van der Waals surface area contributed by atoms with Crippen LogP contribution in [0.1, 0.15) is 48.5 Å². The summed E-state index contributed by atoms with van der Waals surface area (Å²) in [6.45, 7) is 3.44. The highest BCUT2D eigenvalue weighted by atomic mass is 19.1. The Balaban J connectivity index is 1.35. The zero-order valence-corrected chi connectivity index (χ0v) is 20.9. The molecule has 194 valence electrons. The van der Waals surface area contributed by atoms with Crippen LogP contribution in [0.25, 0.3) is 11.0 Å². The van der Waals surface area contributed by atoms with Gasteiger partial charge >= 0.3 is 0 Å². The molecule has 1 aliphatic rings. The number of piperidine rings is 1. The Morgan fingerprint density at radius 2 is 1.97 bits per heavy atom. The highest BCUT2D eigenvalue weighted by molar-refractivity contribution is 5.95. The van der Waals surface area contributed by atoms with Gasteiger partial charge in [-0.2, -0.15) is 4.98 Å². The fraction of sp³-hybridized carbons (Fsp3) is 0.400. The summed E-state index contributed by atoms with van der Waals surface area (Å²) in [4.78, 5) is 28.5. The van der Waals surface area contributed by atoms with E-state index in [-0.39, 0.29) is 34.4 Å². The largest absolute Gasteiger partial charge is 0.345 e. The molecule has 0 aliphatic carbocycles. The summed E-state index contributed by atoms with van der Waals surface area (Å²) in [7, 11) is 3.19. The molecule has 3 aromatic heterocycles. The van der Waals surface area contributed by atoms with Gasteiger partial charge in [0, 0.05) is 51.4 Å². The molecular formula is C25H28F2N8O2. The Bertz CT molecular complexity index is 1430. The third-order valence-corrected chi connectivity index (χ3v) is 6.50. The Kier molecular flexibility index (Phi) is 6.72. The number of hydrogen-bond donors (Lipinski definition) is 1. The Hall–Kier alpha value is -4.09. The summed E-state index contributed by atoms with van der Waals surface area (Å²) in [5.74, 6) is -0.0907. The number of amides is 1. The van der Waals surface area contributed by atoms with Crippen molar-refractivity contribution in [2.75, 3.05) is 37.4 Å². The lowest BCUT2D eigenvalue weighted by molar-refractivity contribution is 0.0827. The molecule has 1 saturated heterocycles. The van der Waals surface area contributed by atoms with Crippen molar-refractivity contribution in [2.24, 2.45) is 0 Å². The van der Waals surface area contributed by atoms with Gasteiger partial charge in [-0.25, -0.2) is 18.7 Å². The monoisotopic (exact) mass is 510 g/mol. The minimum Gasteiger partial charge on any atom is -0.345 e. The highest BCUT2D eigenvalue weighted by Crippen LogP contribution is 2.33. The van der Waals surface area contributed by atoms with Gasteiger partial charge in [0.15, 0.2) is 5.82 Å². The minimum absolute atomic E-state index is 0.0149. The lowest BCUT2D eigenvalue weighted by atomic mass is 10.1. The number of anilines is 3. The van der Waals surface area contributed by atoms with Crippen molar-refractivity contribution in [1.29, 1.82) is 0 Å². The van der Waals surface area contributed by atoms with Gasteiger partial charge in [0.05, 0.1) is 11.1 Å². The predicted molar refractivity (Wildman–Crippen MR) is 134 cm³/mol. The molecule has 10 nitrogen and oxygen atoms in total. The van der Waals surface area contributed by atoms with Gasteiger partial charge in [0.2, 0.25) is 5.89 Å². The normalized spacial score (nSPS) is 14.4. The summed E-state index contributed by atoms with van der Waals surface area (Å²) >= 11 is 0. The standard InChI is InChI=1S/C25H28F2N8O2/c1-4-5-20-31-25(32-37-20)34-10-8-16(9-11-34)35-13-18(27)21-22(28-14-29-23(21)35)30-19-7-6-15(12-17(19)26)24(36)33(2)3/h6-7,12-14,16H,4-5,8-11H2,1-3H3,(H,28,29,30). The lowest BCUT2D eigenvalue weighted by Gasteiger charge is -2.31. The lowest BCUT2D eigenvalue weighted by Crippen LogP contribution is -2.35. The van der Waals surface area contributed by atoms with E-state index in [1.807, 2.05) is 4.57 Å². The van der Waals surface area contributed by atoms with Crippen molar-refractivity contribution in [3.05, 3.63) is 53.8 Å². The molecule has 0 radical (unpaired) electrons. The van der Waals surface area contributed by atoms with E-state index in [0.717, 1.165) is 31.7 Å². The van der Waals surface area contributed by atoms with Crippen molar-refractivity contribution in [3.63, 3.8) is 0 Å². The van der Waals surface area contributed by atoms with E-state index < -0.39 is 11.6 Å². The Labute approximate surface area is 212 Å². The van der Waals surface area contributed by atoms with Crippen molar-refractivity contribution in [1.82, 2.24) is 29.6 Å². The van der Waals surface area contributed by atoms with E-state index in [1.54, 1.807) is 14.1 Å². The number of aromatic nitrogens is 5. The van der Waals surface area contributed by atoms with Crippen molar-refractivity contribution in [2.45, 2.75) is 38.6 Å². The van der Waals surface area contributed by atoms with E-state index in [2.05, 4.69) is 37.2 Å². The van der Waals surface area contributed by atoms with Crippen LogP contribution in [-0.4, -0.2) is 62.7 Å². The number of carbonyl (C=O) groups excluding carboxylic acids is 1. The maximum absolute atomic E-state index is 15.2. The summed E-state index contributed by atoms with van der Waals surface area (Å²) < 4.78 is 37.1. The first kappa shape index (κ1) is 24.6. The van der Waals surface area contributed by atoms with Crippen LogP contribution in [0.15, 0.2) is 35.2 Å². The first-order valence-corrected chi connectivity index (χ1v) is 12.2. The second-order valence-electron chi connectivity index (χ2n) is 9.28. The molecule has 0 atom stereocenters. The fourth-order valence-electron chi connectivity index (χ4n) is 4.58. The number of benzene rings is 1. The smallest absolute Gasteiger partial charge is 0.266 e. The van der Waals surface area contributed by atoms with Crippen LogP contribution < -0.4 is 10.2 Å². The van der Waals surface area contributed by atoms with E-state index >= 15 is 4.39 Å². The predicted octanol–water partition coefficient (Wildman–Crippen LogP) is 4.33. The number of halogens is 2. The van der Waals surface area contributed by atoms with Crippen LogP contribution in [0.4, 0.5) is 26.2 Å². The summed E-state index contributed by atoms with van der Waals surface area (Å²) in [5.41, 5.74) is 0.725. The highest BCUT2D eigenvalue weighted by Gasteiger charge is 2.27. The van der Waals surface area contributed by atoms with Gasteiger partial charge in [0.25, 0.3) is 11.9 Å². The molecule has 0 unspecified atom stereocenters. The SMILES string of the molecule is CCCc1nc(N2CCC(n3cc(F)c4c(Nc5ccc(C(=O)N(C)C)cc5F)ncnc43)CC2)no1. The molecule has 1 fully saturated rings. The number of carbonyl (C=O) groups is 1. The van der Waals surface area contributed by atoms with Crippen LogP contribution in [0, 0.1) is 11.6 Å². The average Bonchev–Trinajstić information content (AvgIpc) is 3.50. The minimum atomic E-state index is -0.643. The molecule has 1 amide bonds. The van der Waals surface area contributed by atoms with E-state index in [1.165, 1.54) is 29.6 Å². The average molecular weight is 511 g/mol. The third-order valence-electron chi connectivity index (χ3n) is 6.50. The maximum atomic E-state index is 15.2. The van der Waals surface area contributed by atoms with Crippen molar-refractivity contribution < 1.29 is 18.1 Å². The molecule has 1 N–H and O–H groups in total. The number of rotatable bonds is 7. The Morgan fingerprint density at radius 1 is 1.19 bits per heavy atom. The van der Waals surface area contributed by atoms with E-state index in [4.69, 9.17) is 4.52 Å². The van der Waals surface area contributed by atoms with E-state index in [0.29, 0.717) is 30.6 Å². The van der Waals surface area contributed by atoms with E-state index in [9.17, 15) is 9.18 Å². The molecular weight excluding hydrogens is 482 g/mol. The third kappa shape index (κ3) is 4.83. The van der Waals surface area contributed by atoms with Crippen molar-refractivity contribution >= 4 is 34.4 Å². The molecule has 37 heavy (non-hydrogen) atoms. The first-order valence-electron chi connectivity index (χ1n) is 12.2. The quantitative estimate of drug-likeness (QED) is 0.392. The van der Waals surface area contributed by atoms with Crippen LogP contribution in [0.2, 0.25) is 0 Å². The van der Waals surface area contributed by atoms with Crippen LogP contribution in [0.3, 0.4) is 0 Å². The van der Waals surface area contributed by atoms with Gasteiger partial charge in [-0.1, -0.05) is 6.92 Å². The van der Waals surface area contributed by atoms with Gasteiger partial charge in [-0.3, -0.25) is 4.79 Å². The fourth-order valence-corrected chi connectivity index (χ4v) is 4.58. The first-order chi connectivity index (χ1) is 17.9.